The Hall–Kier alpha value is -1.20. The van der Waals surface area contributed by atoms with E-state index in [1.807, 2.05) is 0 Å². The highest BCUT2D eigenvalue weighted by Crippen LogP contribution is 2.35. The zero-order chi connectivity index (χ0) is 13.3. The monoisotopic (exact) mass is 273 g/mol. The van der Waals surface area contributed by atoms with Crippen LogP contribution in [0.5, 0.6) is 0 Å². The molecule has 1 aliphatic rings. The van der Waals surface area contributed by atoms with Crippen molar-refractivity contribution in [2.45, 2.75) is 37.8 Å². The molecule has 1 aromatic rings. The first-order chi connectivity index (χ1) is 8.49. The summed E-state index contributed by atoms with van der Waals surface area (Å²) in [5, 5.41) is 12.4. The van der Waals surface area contributed by atoms with E-state index < -0.39 is 5.82 Å². The molecule has 100 valence electrons. The lowest BCUT2D eigenvalue weighted by Crippen LogP contribution is -2.29. The highest BCUT2D eigenvalue weighted by atomic mass is 35.5. The number of hydrogen-bond donors (Lipinski definition) is 4. The highest BCUT2D eigenvalue weighted by Gasteiger charge is 2.22. The van der Waals surface area contributed by atoms with Crippen molar-refractivity contribution in [3.8, 4) is 0 Å². The lowest BCUT2D eigenvalue weighted by Gasteiger charge is -2.28. The van der Waals surface area contributed by atoms with Gasteiger partial charge in [0.1, 0.15) is 5.02 Å². The number of aliphatic hydroxyl groups excluding tert-OH is 1. The summed E-state index contributed by atoms with van der Waals surface area (Å²) in [6, 6.07) is 1.55. The fraction of sp³-hybridized carbons (Fsp3) is 0.500. The maximum atomic E-state index is 14.0. The fourth-order valence-corrected chi connectivity index (χ4v) is 2.39. The molecule has 0 radical (unpaired) electrons. The normalized spacial score (nSPS) is 23.9. The summed E-state index contributed by atoms with van der Waals surface area (Å²) >= 11 is 5.76. The van der Waals surface area contributed by atoms with E-state index in [-0.39, 0.29) is 34.2 Å². The van der Waals surface area contributed by atoms with Gasteiger partial charge >= 0.3 is 0 Å². The Morgan fingerprint density at radius 2 is 1.83 bits per heavy atom. The SMILES string of the molecule is Nc1cc(N)c(NC2CCC(O)CC2)c(F)c1Cl. The van der Waals surface area contributed by atoms with Crippen LogP contribution >= 0.6 is 11.6 Å². The number of nitrogen functional groups attached to an aromatic ring is 2. The van der Waals surface area contributed by atoms with E-state index in [0.717, 1.165) is 12.8 Å². The number of rotatable bonds is 2. The van der Waals surface area contributed by atoms with Crippen molar-refractivity contribution in [1.29, 1.82) is 0 Å². The number of benzene rings is 1. The second kappa shape index (κ2) is 5.20. The molecule has 1 saturated carbocycles. The van der Waals surface area contributed by atoms with Crippen LogP contribution in [-0.2, 0) is 0 Å². The third-order valence-electron chi connectivity index (χ3n) is 3.31. The number of halogens is 2. The van der Waals surface area contributed by atoms with Crippen molar-refractivity contribution in [1.82, 2.24) is 0 Å². The van der Waals surface area contributed by atoms with Gasteiger partial charge in [-0.1, -0.05) is 11.6 Å². The number of anilines is 3. The molecule has 6 heteroatoms. The van der Waals surface area contributed by atoms with Crippen LogP contribution in [-0.4, -0.2) is 17.3 Å². The van der Waals surface area contributed by atoms with Gasteiger partial charge in [0, 0.05) is 6.04 Å². The first-order valence-corrected chi connectivity index (χ1v) is 6.34. The average Bonchev–Trinajstić information content (AvgIpc) is 2.34. The van der Waals surface area contributed by atoms with Crippen molar-refractivity contribution in [3.05, 3.63) is 16.9 Å². The molecule has 0 saturated heterocycles. The standard InChI is InChI=1S/C12H17ClFN3O/c13-10-8(15)5-9(16)12(11(10)14)17-6-1-3-7(18)4-2-6/h5-7,17-18H,1-4,15-16H2. The predicted molar refractivity (Wildman–Crippen MR) is 72.1 cm³/mol. The van der Waals surface area contributed by atoms with Gasteiger partial charge in [-0.3, -0.25) is 0 Å². The van der Waals surface area contributed by atoms with Gasteiger partial charge in [-0.15, -0.1) is 0 Å². The molecule has 1 fully saturated rings. The lowest BCUT2D eigenvalue weighted by atomic mass is 9.93. The number of nitrogens with one attached hydrogen (secondary N) is 1. The Morgan fingerprint density at radius 1 is 1.22 bits per heavy atom. The Labute approximate surface area is 110 Å². The third-order valence-corrected chi connectivity index (χ3v) is 3.69. The van der Waals surface area contributed by atoms with Crippen molar-refractivity contribution in [2.75, 3.05) is 16.8 Å². The van der Waals surface area contributed by atoms with E-state index in [9.17, 15) is 9.50 Å². The molecule has 0 spiro atoms. The summed E-state index contributed by atoms with van der Waals surface area (Å²) in [7, 11) is 0. The zero-order valence-electron chi connectivity index (χ0n) is 9.92. The third kappa shape index (κ3) is 2.62. The maximum absolute atomic E-state index is 14.0. The van der Waals surface area contributed by atoms with Crippen molar-refractivity contribution in [3.63, 3.8) is 0 Å². The van der Waals surface area contributed by atoms with E-state index in [0.29, 0.717) is 12.8 Å². The van der Waals surface area contributed by atoms with Gasteiger partial charge < -0.3 is 21.9 Å². The average molecular weight is 274 g/mol. The van der Waals surface area contributed by atoms with E-state index >= 15 is 0 Å². The molecule has 0 unspecified atom stereocenters. The summed E-state index contributed by atoms with van der Waals surface area (Å²) in [6.45, 7) is 0. The van der Waals surface area contributed by atoms with Crippen molar-refractivity contribution < 1.29 is 9.50 Å². The summed E-state index contributed by atoms with van der Waals surface area (Å²) < 4.78 is 14.0. The molecule has 0 aromatic heterocycles. The highest BCUT2D eigenvalue weighted by molar-refractivity contribution is 6.33. The van der Waals surface area contributed by atoms with Crippen LogP contribution in [0, 0.1) is 5.82 Å². The number of aliphatic hydroxyl groups is 1. The number of nitrogens with two attached hydrogens (primary N) is 2. The van der Waals surface area contributed by atoms with Crippen LogP contribution in [0.25, 0.3) is 0 Å². The molecular formula is C12H17ClFN3O. The molecule has 0 atom stereocenters. The van der Waals surface area contributed by atoms with E-state index in [1.165, 1.54) is 6.07 Å². The largest absolute Gasteiger partial charge is 0.397 e. The van der Waals surface area contributed by atoms with Crippen LogP contribution in [0.3, 0.4) is 0 Å². The van der Waals surface area contributed by atoms with E-state index in [4.69, 9.17) is 23.1 Å². The second-order valence-electron chi connectivity index (χ2n) is 4.71. The smallest absolute Gasteiger partial charge is 0.169 e. The zero-order valence-corrected chi connectivity index (χ0v) is 10.7. The van der Waals surface area contributed by atoms with E-state index in [2.05, 4.69) is 5.32 Å². The molecule has 4 nitrogen and oxygen atoms in total. The Bertz CT molecular complexity index is 447. The van der Waals surface area contributed by atoms with Gasteiger partial charge in [0.05, 0.1) is 23.2 Å². The Kier molecular flexibility index (Phi) is 3.82. The molecule has 0 amide bonds. The molecule has 18 heavy (non-hydrogen) atoms. The van der Waals surface area contributed by atoms with Crippen molar-refractivity contribution >= 4 is 28.7 Å². The Balaban J connectivity index is 2.16. The summed E-state index contributed by atoms with van der Waals surface area (Å²) in [6.07, 6.45) is 2.73. The molecule has 0 heterocycles. The molecule has 0 aliphatic heterocycles. The van der Waals surface area contributed by atoms with Crippen LogP contribution < -0.4 is 16.8 Å². The predicted octanol–water partition coefficient (Wildman–Crippen LogP) is 2.36. The van der Waals surface area contributed by atoms with Crippen molar-refractivity contribution in [2.24, 2.45) is 0 Å². The molecule has 2 rings (SSSR count). The summed E-state index contributed by atoms with van der Waals surface area (Å²) in [5.74, 6) is -0.611. The quantitative estimate of drug-likeness (QED) is 0.623. The van der Waals surface area contributed by atoms with Gasteiger partial charge in [0.2, 0.25) is 0 Å². The van der Waals surface area contributed by atoms with Gasteiger partial charge in [0.15, 0.2) is 5.82 Å². The first-order valence-electron chi connectivity index (χ1n) is 5.96. The molecule has 6 N–H and O–H groups in total. The van der Waals surface area contributed by atoms with Crippen LogP contribution in [0.2, 0.25) is 5.02 Å². The molecular weight excluding hydrogens is 257 g/mol. The van der Waals surface area contributed by atoms with Crippen LogP contribution in [0.1, 0.15) is 25.7 Å². The van der Waals surface area contributed by atoms with Crippen LogP contribution in [0.15, 0.2) is 6.07 Å². The number of hydrogen-bond acceptors (Lipinski definition) is 4. The molecule has 0 bridgehead atoms. The van der Waals surface area contributed by atoms with Gasteiger partial charge in [-0.25, -0.2) is 4.39 Å². The molecule has 1 aliphatic carbocycles. The first kappa shape index (κ1) is 13.2. The summed E-state index contributed by atoms with van der Waals surface area (Å²) in [5.41, 5.74) is 11.9. The second-order valence-corrected chi connectivity index (χ2v) is 5.09. The van der Waals surface area contributed by atoms with Gasteiger partial charge in [-0.2, -0.15) is 0 Å². The topological polar surface area (TPSA) is 84.3 Å². The van der Waals surface area contributed by atoms with Gasteiger partial charge in [0.25, 0.3) is 0 Å². The minimum atomic E-state index is -0.611. The lowest BCUT2D eigenvalue weighted by molar-refractivity contribution is 0.126. The van der Waals surface area contributed by atoms with Crippen LogP contribution in [0.4, 0.5) is 21.5 Å². The maximum Gasteiger partial charge on any atom is 0.169 e. The van der Waals surface area contributed by atoms with E-state index in [1.54, 1.807) is 0 Å². The minimum Gasteiger partial charge on any atom is -0.397 e. The van der Waals surface area contributed by atoms with Gasteiger partial charge in [-0.05, 0) is 31.7 Å². The Morgan fingerprint density at radius 3 is 2.44 bits per heavy atom. The minimum absolute atomic E-state index is 0.102. The molecule has 1 aromatic carbocycles. The summed E-state index contributed by atoms with van der Waals surface area (Å²) in [4.78, 5) is 0. The fourth-order valence-electron chi connectivity index (χ4n) is 2.24.